The number of hydrogen-bond donors (Lipinski definition) is 0. The number of ketones is 2. The van der Waals surface area contributed by atoms with E-state index in [1.54, 1.807) is 67.6 Å². The van der Waals surface area contributed by atoms with Gasteiger partial charge < -0.3 is 4.84 Å². The molecule has 3 aromatic carbocycles. The van der Waals surface area contributed by atoms with Gasteiger partial charge in [0, 0.05) is 25.3 Å². The average Bonchev–Trinajstić information content (AvgIpc) is 2.90. The first-order valence-corrected chi connectivity index (χ1v) is 12.6. The molecule has 0 heterocycles. The zero-order valence-electron chi connectivity index (χ0n) is 20.2. The summed E-state index contributed by atoms with van der Waals surface area (Å²) in [6.45, 7) is 2.99. The number of nitrogens with zero attached hydrogens (tertiary/aromatic N) is 2. The predicted octanol–water partition coefficient (Wildman–Crippen LogP) is 4.52. The molecular weight excluding hydrogens is 496 g/mol. The van der Waals surface area contributed by atoms with Crippen molar-refractivity contribution >= 4 is 39.1 Å². The molecule has 0 bridgehead atoms. The highest BCUT2D eigenvalue weighted by molar-refractivity contribution is 7.86. The standard InChI is InChI=1S/C27H24N2O7S/c1-19-13-15-23(16-14-19)37(33,34)36-29-24(20(2)30)17-18-25(26(31)21-9-5-3-6-10-21)28-35-27(32)22-11-7-4-8-12-22/h3-16H,17-18H2,1-2H3. The molecule has 0 radical (unpaired) electrons. The van der Waals surface area contributed by atoms with Crippen molar-refractivity contribution in [1.82, 2.24) is 0 Å². The molecule has 0 aliphatic carbocycles. The first kappa shape index (κ1) is 27.2. The number of hydrogen-bond acceptors (Lipinski definition) is 9. The molecule has 3 aromatic rings. The van der Waals surface area contributed by atoms with Gasteiger partial charge in [-0.15, -0.1) is 0 Å². The Morgan fingerprint density at radius 1 is 0.730 bits per heavy atom. The second-order valence-corrected chi connectivity index (χ2v) is 9.44. The Labute approximate surface area is 214 Å². The second kappa shape index (κ2) is 12.5. The van der Waals surface area contributed by atoms with E-state index in [9.17, 15) is 22.8 Å². The van der Waals surface area contributed by atoms with Gasteiger partial charge in [-0.05, 0) is 31.2 Å². The van der Waals surface area contributed by atoms with E-state index < -0.39 is 27.7 Å². The third-order valence-corrected chi connectivity index (χ3v) is 6.23. The Bertz CT molecular complexity index is 1430. The van der Waals surface area contributed by atoms with Crippen LogP contribution in [0.2, 0.25) is 0 Å². The summed E-state index contributed by atoms with van der Waals surface area (Å²) in [5, 5.41) is 7.31. The van der Waals surface area contributed by atoms with Gasteiger partial charge in [-0.3, -0.25) is 13.9 Å². The van der Waals surface area contributed by atoms with Gasteiger partial charge in [0.25, 0.3) is 0 Å². The molecule has 0 unspecified atom stereocenters. The maximum atomic E-state index is 13.0. The van der Waals surface area contributed by atoms with Crippen LogP contribution < -0.4 is 0 Å². The highest BCUT2D eigenvalue weighted by atomic mass is 32.2. The van der Waals surface area contributed by atoms with E-state index >= 15 is 0 Å². The van der Waals surface area contributed by atoms with Crippen molar-refractivity contribution in [2.45, 2.75) is 31.6 Å². The van der Waals surface area contributed by atoms with E-state index in [4.69, 9.17) is 9.12 Å². The van der Waals surface area contributed by atoms with Gasteiger partial charge in [0.1, 0.15) is 16.3 Å². The maximum Gasteiger partial charge on any atom is 0.365 e. The van der Waals surface area contributed by atoms with Crippen LogP contribution in [0.25, 0.3) is 0 Å². The van der Waals surface area contributed by atoms with Crippen LogP contribution in [0.4, 0.5) is 0 Å². The van der Waals surface area contributed by atoms with Crippen LogP contribution in [-0.4, -0.2) is 37.4 Å². The third kappa shape index (κ3) is 7.77. The van der Waals surface area contributed by atoms with E-state index in [1.807, 2.05) is 0 Å². The highest BCUT2D eigenvalue weighted by Gasteiger charge is 2.21. The highest BCUT2D eigenvalue weighted by Crippen LogP contribution is 2.15. The molecule has 0 aliphatic heterocycles. The van der Waals surface area contributed by atoms with Crippen molar-refractivity contribution in [3.05, 3.63) is 102 Å². The molecule has 9 nitrogen and oxygen atoms in total. The number of rotatable bonds is 11. The monoisotopic (exact) mass is 520 g/mol. The number of carbonyl (C=O) groups excluding carboxylic acids is 3. The van der Waals surface area contributed by atoms with Crippen LogP contribution in [0.1, 0.15) is 46.0 Å². The Hall–Kier alpha value is -4.44. The molecule has 190 valence electrons. The lowest BCUT2D eigenvalue weighted by atomic mass is 10.0. The summed E-state index contributed by atoms with van der Waals surface area (Å²) in [6.07, 6.45) is -0.374. The molecular formula is C27H24N2O7S. The van der Waals surface area contributed by atoms with E-state index in [-0.39, 0.29) is 40.3 Å². The fourth-order valence-corrected chi connectivity index (χ4v) is 3.79. The SMILES string of the molecule is CC(=O)C(CCC(=NOC(=O)c1ccccc1)C(=O)c1ccccc1)=NOS(=O)(=O)c1ccc(C)cc1. The summed E-state index contributed by atoms with van der Waals surface area (Å²) in [7, 11) is -4.26. The van der Waals surface area contributed by atoms with Crippen molar-refractivity contribution in [2.75, 3.05) is 0 Å². The number of Topliss-reactive ketones (excluding diaryl/α,β-unsaturated/α-hetero) is 2. The van der Waals surface area contributed by atoms with E-state index in [2.05, 4.69) is 10.3 Å². The predicted molar refractivity (Wildman–Crippen MR) is 137 cm³/mol. The van der Waals surface area contributed by atoms with Gasteiger partial charge in [-0.25, -0.2) is 4.79 Å². The lowest BCUT2D eigenvalue weighted by Crippen LogP contribution is -2.20. The van der Waals surface area contributed by atoms with Gasteiger partial charge in [0.15, 0.2) is 5.78 Å². The van der Waals surface area contributed by atoms with Gasteiger partial charge in [0.2, 0.25) is 5.78 Å². The van der Waals surface area contributed by atoms with Gasteiger partial charge in [-0.1, -0.05) is 76.5 Å². The van der Waals surface area contributed by atoms with Crippen molar-refractivity contribution in [1.29, 1.82) is 0 Å². The zero-order chi connectivity index (χ0) is 26.8. The van der Waals surface area contributed by atoms with Crippen LogP contribution in [0.3, 0.4) is 0 Å². The minimum atomic E-state index is -4.26. The lowest BCUT2D eigenvalue weighted by molar-refractivity contribution is -0.111. The van der Waals surface area contributed by atoms with Crippen LogP contribution in [-0.2, 0) is 24.0 Å². The van der Waals surface area contributed by atoms with Crippen molar-refractivity contribution in [2.24, 2.45) is 10.3 Å². The molecule has 0 aromatic heterocycles. The lowest BCUT2D eigenvalue weighted by Gasteiger charge is -2.07. The molecule has 0 spiro atoms. The Kier molecular flexibility index (Phi) is 9.17. The average molecular weight is 521 g/mol. The quantitative estimate of drug-likeness (QED) is 0.157. The first-order valence-electron chi connectivity index (χ1n) is 11.2. The molecule has 37 heavy (non-hydrogen) atoms. The molecule has 0 aliphatic rings. The van der Waals surface area contributed by atoms with Crippen molar-refractivity contribution in [3.63, 3.8) is 0 Å². The fraction of sp³-hybridized carbons (Fsp3) is 0.148. The molecule has 0 atom stereocenters. The van der Waals surface area contributed by atoms with Gasteiger partial charge in [0.05, 0.1) is 5.56 Å². The maximum absolute atomic E-state index is 13.0. The Morgan fingerprint density at radius 2 is 1.27 bits per heavy atom. The van der Waals surface area contributed by atoms with Crippen LogP contribution in [0, 0.1) is 6.92 Å². The smallest absolute Gasteiger partial charge is 0.312 e. The van der Waals surface area contributed by atoms with Crippen LogP contribution in [0.5, 0.6) is 0 Å². The largest absolute Gasteiger partial charge is 0.365 e. The third-order valence-electron chi connectivity index (χ3n) is 5.11. The normalized spacial score (nSPS) is 12.1. The molecule has 0 N–H and O–H groups in total. The van der Waals surface area contributed by atoms with Crippen molar-refractivity contribution < 1.29 is 31.9 Å². The zero-order valence-corrected chi connectivity index (χ0v) is 21.0. The second-order valence-electron chi connectivity index (χ2n) is 7.91. The van der Waals surface area contributed by atoms with E-state index in [0.717, 1.165) is 5.56 Å². The molecule has 0 saturated heterocycles. The summed E-state index contributed by atoms with van der Waals surface area (Å²) < 4.78 is 29.6. The van der Waals surface area contributed by atoms with Crippen LogP contribution in [0.15, 0.2) is 100 Å². The summed E-state index contributed by atoms with van der Waals surface area (Å²) in [6, 6.07) is 22.2. The first-order chi connectivity index (χ1) is 17.7. The topological polar surface area (TPSA) is 129 Å². The van der Waals surface area contributed by atoms with E-state index in [0.29, 0.717) is 0 Å². The number of carbonyl (C=O) groups is 3. The Morgan fingerprint density at radius 3 is 1.84 bits per heavy atom. The number of oxime groups is 2. The Balaban J connectivity index is 1.81. The number of benzene rings is 3. The van der Waals surface area contributed by atoms with Crippen molar-refractivity contribution in [3.8, 4) is 0 Å². The summed E-state index contributed by atoms with van der Waals surface area (Å²) in [5.41, 5.74) is 0.981. The van der Waals surface area contributed by atoms with Gasteiger partial charge >= 0.3 is 16.1 Å². The molecule has 3 rings (SSSR count). The molecule has 0 saturated carbocycles. The molecule has 0 fully saturated rings. The fourth-order valence-electron chi connectivity index (χ4n) is 3.05. The van der Waals surface area contributed by atoms with Gasteiger partial charge in [-0.2, -0.15) is 8.42 Å². The summed E-state index contributed by atoms with van der Waals surface area (Å²) in [5.74, 6) is -1.86. The minimum absolute atomic E-state index is 0.126. The van der Waals surface area contributed by atoms with E-state index in [1.165, 1.54) is 31.2 Å². The number of aryl methyl sites for hydroxylation is 1. The summed E-state index contributed by atoms with van der Waals surface area (Å²) >= 11 is 0. The minimum Gasteiger partial charge on any atom is -0.312 e. The summed E-state index contributed by atoms with van der Waals surface area (Å²) in [4.78, 5) is 42.3. The molecule has 0 amide bonds. The molecule has 10 heteroatoms. The van der Waals surface area contributed by atoms with Crippen LogP contribution >= 0.6 is 0 Å².